The Morgan fingerprint density at radius 1 is 0.911 bits per heavy atom. The van der Waals surface area contributed by atoms with Crippen LogP contribution < -0.4 is 0 Å². The molecule has 4 aromatic rings. The zero-order valence-electron chi connectivity index (χ0n) is 23.8. The van der Waals surface area contributed by atoms with Gasteiger partial charge in [-0.25, -0.2) is 0 Å². The van der Waals surface area contributed by atoms with Gasteiger partial charge in [0.2, 0.25) is 0 Å². The first-order chi connectivity index (χ1) is 21.5. The zero-order chi connectivity index (χ0) is 32.5. The van der Waals surface area contributed by atoms with Gasteiger partial charge in [-0.15, -0.1) is 0 Å². The standard InChI is InChI=1S/C35H26Br2Cl3NO4/c1-2-45-33(43)34(19-41)28(27-16-15-26(39)17-29(27)40)18-35(44,22-7-11-24(37)12-8-22)31(30(34)20-5-13-25(38)14-6-20)32(42)21-3-9-23(36)10-4-21/h3-17,28,30-31,44H,2,18H2,1H3/t28-,30-,31-,34-,35-/m0/s1. The molecule has 0 spiro atoms. The minimum atomic E-state index is -2.02. The number of rotatable bonds is 7. The fraction of sp³-hybridized carbons (Fsp3) is 0.229. The van der Waals surface area contributed by atoms with Crippen LogP contribution in [0.15, 0.2) is 99.9 Å². The normalized spacial score (nSPS) is 24.4. The summed E-state index contributed by atoms with van der Waals surface area (Å²) in [7, 11) is 0. The van der Waals surface area contributed by atoms with E-state index in [0.717, 1.165) is 8.95 Å². The Morgan fingerprint density at radius 3 is 2.04 bits per heavy atom. The van der Waals surface area contributed by atoms with E-state index in [9.17, 15) is 20.0 Å². The number of benzene rings is 4. The van der Waals surface area contributed by atoms with Crippen LogP contribution in [0.1, 0.15) is 52.2 Å². The molecule has 230 valence electrons. The van der Waals surface area contributed by atoms with Crippen LogP contribution in [0, 0.1) is 22.7 Å². The van der Waals surface area contributed by atoms with Crippen LogP contribution in [-0.2, 0) is 15.1 Å². The fourth-order valence-corrected chi connectivity index (χ4v) is 7.72. The third kappa shape index (κ3) is 6.22. The maximum absolute atomic E-state index is 14.8. The summed E-state index contributed by atoms with van der Waals surface area (Å²) < 4.78 is 7.17. The third-order valence-corrected chi connectivity index (χ3v) is 10.4. The number of hydrogen-bond donors (Lipinski definition) is 1. The average molecular weight is 791 g/mol. The molecular formula is C35H26Br2Cl3NO4. The van der Waals surface area contributed by atoms with Gasteiger partial charge in [-0.3, -0.25) is 9.59 Å². The van der Waals surface area contributed by atoms with Crippen molar-refractivity contribution in [2.75, 3.05) is 6.61 Å². The van der Waals surface area contributed by atoms with E-state index in [2.05, 4.69) is 37.9 Å². The van der Waals surface area contributed by atoms with Crippen molar-refractivity contribution in [2.24, 2.45) is 11.3 Å². The van der Waals surface area contributed by atoms with Crippen molar-refractivity contribution in [2.45, 2.75) is 30.8 Å². The van der Waals surface area contributed by atoms with Gasteiger partial charge >= 0.3 is 5.97 Å². The van der Waals surface area contributed by atoms with Crippen LogP contribution in [-0.4, -0.2) is 23.5 Å². The van der Waals surface area contributed by atoms with Gasteiger partial charge in [0.25, 0.3) is 0 Å². The van der Waals surface area contributed by atoms with Crippen molar-refractivity contribution in [3.05, 3.63) is 137 Å². The highest BCUT2D eigenvalue weighted by Gasteiger charge is 2.68. The number of hydrogen-bond acceptors (Lipinski definition) is 5. The van der Waals surface area contributed by atoms with Gasteiger partial charge < -0.3 is 9.84 Å². The molecule has 4 aromatic carbocycles. The Balaban J connectivity index is 1.91. The van der Waals surface area contributed by atoms with Gasteiger partial charge in [0, 0.05) is 41.4 Å². The van der Waals surface area contributed by atoms with E-state index in [1.54, 1.807) is 91.9 Å². The maximum Gasteiger partial charge on any atom is 0.327 e. The molecule has 0 unspecified atom stereocenters. The highest BCUT2D eigenvalue weighted by atomic mass is 79.9. The van der Waals surface area contributed by atoms with Crippen molar-refractivity contribution in [1.29, 1.82) is 5.26 Å². The Labute approximate surface area is 293 Å². The number of carbonyl (C=O) groups is 2. The number of carbonyl (C=O) groups excluding carboxylic acids is 2. The first-order valence-electron chi connectivity index (χ1n) is 14.0. The summed E-state index contributed by atoms with van der Waals surface area (Å²) in [6.07, 6.45) is -0.209. The summed E-state index contributed by atoms with van der Waals surface area (Å²) in [5, 5.41) is 25.3. The van der Waals surface area contributed by atoms with E-state index in [0.29, 0.717) is 32.3 Å². The highest BCUT2D eigenvalue weighted by Crippen LogP contribution is 2.64. The number of Topliss-reactive ketones (excluding diaryl/α,β-unsaturated/α-hetero) is 1. The molecule has 5 atom stereocenters. The molecule has 10 heteroatoms. The summed E-state index contributed by atoms with van der Waals surface area (Å²) in [5.74, 6) is -4.84. The highest BCUT2D eigenvalue weighted by molar-refractivity contribution is 9.10. The van der Waals surface area contributed by atoms with E-state index in [-0.39, 0.29) is 18.1 Å². The van der Waals surface area contributed by atoms with Gasteiger partial charge in [0.1, 0.15) is 5.60 Å². The summed E-state index contributed by atoms with van der Waals surface area (Å²) >= 11 is 26.2. The molecule has 0 amide bonds. The largest absolute Gasteiger partial charge is 0.465 e. The van der Waals surface area contributed by atoms with E-state index < -0.39 is 40.5 Å². The fourth-order valence-electron chi connectivity index (χ4n) is 6.53. The van der Waals surface area contributed by atoms with Crippen molar-refractivity contribution in [3.8, 4) is 6.07 Å². The van der Waals surface area contributed by atoms with Crippen LogP contribution in [0.4, 0.5) is 0 Å². The molecule has 5 rings (SSSR count). The smallest absolute Gasteiger partial charge is 0.327 e. The van der Waals surface area contributed by atoms with E-state index in [4.69, 9.17) is 39.5 Å². The van der Waals surface area contributed by atoms with Crippen LogP contribution in [0.5, 0.6) is 0 Å². The number of halogens is 5. The van der Waals surface area contributed by atoms with Crippen molar-refractivity contribution in [3.63, 3.8) is 0 Å². The van der Waals surface area contributed by atoms with Crippen molar-refractivity contribution in [1.82, 2.24) is 0 Å². The van der Waals surface area contributed by atoms with Crippen LogP contribution in [0.3, 0.4) is 0 Å². The number of nitrogens with zero attached hydrogens (tertiary/aromatic N) is 1. The number of ether oxygens (including phenoxy) is 1. The Hall–Kier alpha value is -2.70. The summed E-state index contributed by atoms with van der Waals surface area (Å²) in [6.45, 7) is 1.63. The molecule has 0 bridgehead atoms. The number of esters is 1. The molecule has 0 aliphatic heterocycles. The second-order valence-corrected chi connectivity index (χ2v) is 14.0. The first kappa shape index (κ1) is 33.7. The van der Waals surface area contributed by atoms with Gasteiger partial charge in [-0.2, -0.15) is 5.26 Å². The molecule has 1 aliphatic carbocycles. The molecule has 0 saturated heterocycles. The molecule has 45 heavy (non-hydrogen) atoms. The van der Waals surface area contributed by atoms with Crippen LogP contribution >= 0.6 is 66.7 Å². The molecule has 0 radical (unpaired) electrons. The predicted octanol–water partition coefficient (Wildman–Crippen LogP) is 9.90. The van der Waals surface area contributed by atoms with Crippen LogP contribution in [0.2, 0.25) is 15.1 Å². The maximum atomic E-state index is 14.8. The van der Waals surface area contributed by atoms with E-state index in [1.165, 1.54) is 6.07 Å². The van der Waals surface area contributed by atoms with Crippen molar-refractivity contribution < 1.29 is 19.4 Å². The Kier molecular flexibility index (Phi) is 10.2. The quantitative estimate of drug-likeness (QED) is 0.149. The lowest BCUT2D eigenvalue weighted by Crippen LogP contribution is -2.59. The SMILES string of the molecule is CCOC(=O)[C@@]1(C#N)[C@H](c2ccc(Cl)cc2Cl)C[C@](O)(c2ccc(Br)cc2)[C@H](C(=O)c2ccc(Br)cc2)[C@@H]1c1ccc(Cl)cc1. The minimum Gasteiger partial charge on any atom is -0.465 e. The molecule has 0 aromatic heterocycles. The monoisotopic (exact) mass is 787 g/mol. The predicted molar refractivity (Wildman–Crippen MR) is 183 cm³/mol. The van der Waals surface area contributed by atoms with Crippen molar-refractivity contribution >= 4 is 78.4 Å². The Bertz CT molecular complexity index is 1780. The molecule has 1 saturated carbocycles. The van der Waals surface area contributed by atoms with E-state index in [1.807, 2.05) is 0 Å². The second-order valence-electron chi connectivity index (χ2n) is 10.9. The lowest BCUT2D eigenvalue weighted by Gasteiger charge is -2.54. The van der Waals surface area contributed by atoms with Gasteiger partial charge in [-0.1, -0.05) is 109 Å². The zero-order valence-corrected chi connectivity index (χ0v) is 29.3. The number of aliphatic hydroxyl groups is 1. The molecule has 1 N–H and O–H groups in total. The topological polar surface area (TPSA) is 87.4 Å². The lowest BCUT2D eigenvalue weighted by atomic mass is 9.47. The molecular weight excluding hydrogens is 765 g/mol. The summed E-state index contributed by atoms with van der Waals surface area (Å²) in [6, 6.07) is 27.5. The lowest BCUT2D eigenvalue weighted by molar-refractivity contribution is -0.164. The third-order valence-electron chi connectivity index (χ3n) is 8.52. The second kappa shape index (κ2) is 13.6. The van der Waals surface area contributed by atoms with Gasteiger partial charge in [0.05, 0.1) is 18.6 Å². The number of ketones is 1. The molecule has 1 aliphatic rings. The summed E-state index contributed by atoms with van der Waals surface area (Å²) in [4.78, 5) is 29.2. The molecule has 5 nitrogen and oxygen atoms in total. The van der Waals surface area contributed by atoms with Gasteiger partial charge in [-0.05, 0) is 78.6 Å². The molecule has 0 heterocycles. The first-order valence-corrected chi connectivity index (χ1v) is 16.7. The number of nitriles is 1. The van der Waals surface area contributed by atoms with Crippen LogP contribution in [0.25, 0.3) is 0 Å². The molecule has 1 fully saturated rings. The minimum absolute atomic E-state index is 0.0149. The van der Waals surface area contributed by atoms with E-state index >= 15 is 0 Å². The average Bonchev–Trinajstić information content (AvgIpc) is 3.01. The summed E-state index contributed by atoms with van der Waals surface area (Å²) in [5.41, 5.74) is -2.30. The van der Waals surface area contributed by atoms with Gasteiger partial charge in [0.15, 0.2) is 11.2 Å². The Morgan fingerprint density at radius 2 is 1.49 bits per heavy atom.